The monoisotopic (exact) mass is 494 g/mol. The first kappa shape index (κ1) is 23.7. The lowest BCUT2D eigenvalue weighted by atomic mass is 10.1. The van der Waals surface area contributed by atoms with E-state index in [-0.39, 0.29) is 27.4 Å². The van der Waals surface area contributed by atoms with Crippen molar-refractivity contribution in [3.8, 4) is 16.9 Å². The minimum Gasteiger partial charge on any atom is -0.478 e. The molecule has 0 unspecified atom stereocenters. The molecule has 2 aromatic carbocycles. The van der Waals surface area contributed by atoms with Crippen LogP contribution in [0.25, 0.3) is 23.0 Å². The smallest absolute Gasteiger partial charge is 0.416 e. The lowest BCUT2D eigenvalue weighted by molar-refractivity contribution is -0.143. The van der Waals surface area contributed by atoms with Gasteiger partial charge in [0.25, 0.3) is 0 Å². The summed E-state index contributed by atoms with van der Waals surface area (Å²) in [5.74, 6) is -1.32. The zero-order valence-corrected chi connectivity index (χ0v) is 17.0. The Hall–Kier alpha value is -2.98. The van der Waals surface area contributed by atoms with Crippen molar-refractivity contribution < 1.29 is 36.2 Å². The Morgan fingerprint density at radius 3 is 2.03 bits per heavy atom. The number of halogens is 8. The molecule has 168 valence electrons. The molecule has 0 fully saturated rings. The van der Waals surface area contributed by atoms with Crippen molar-refractivity contribution in [3.05, 3.63) is 75.4 Å². The second-order valence-electron chi connectivity index (χ2n) is 6.44. The highest BCUT2D eigenvalue weighted by atomic mass is 35.5. The SMILES string of the molecule is O=C(O)C=Cc1cn(-c2cc(C(F)(F)F)cc(C(F)(F)F)c2)nc1-c1ccc(Cl)c(Cl)c1. The molecule has 0 aliphatic rings. The van der Waals surface area contributed by atoms with Gasteiger partial charge in [-0.1, -0.05) is 29.3 Å². The average Bonchev–Trinajstić information content (AvgIpc) is 3.11. The predicted octanol–water partition coefficient (Wildman–Crippen LogP) is 6.98. The third kappa shape index (κ3) is 5.25. The zero-order valence-electron chi connectivity index (χ0n) is 15.5. The summed E-state index contributed by atoms with van der Waals surface area (Å²) in [6, 6.07) is 5.26. The third-order valence-electron chi connectivity index (χ3n) is 4.18. The van der Waals surface area contributed by atoms with E-state index in [2.05, 4.69) is 5.10 Å². The van der Waals surface area contributed by atoms with Gasteiger partial charge < -0.3 is 5.11 Å². The predicted molar refractivity (Wildman–Crippen MR) is 106 cm³/mol. The Bertz CT molecular complexity index is 1180. The highest BCUT2D eigenvalue weighted by Crippen LogP contribution is 2.38. The number of alkyl halides is 6. The van der Waals surface area contributed by atoms with Gasteiger partial charge in [0.2, 0.25) is 0 Å². The molecule has 0 radical (unpaired) electrons. The van der Waals surface area contributed by atoms with Gasteiger partial charge in [-0.2, -0.15) is 31.4 Å². The number of nitrogens with zero attached hydrogens (tertiary/aromatic N) is 2. The number of hydrogen-bond donors (Lipinski definition) is 1. The molecule has 0 aliphatic carbocycles. The van der Waals surface area contributed by atoms with E-state index in [1.807, 2.05) is 0 Å². The van der Waals surface area contributed by atoms with Gasteiger partial charge in [-0.25, -0.2) is 9.48 Å². The first-order chi connectivity index (χ1) is 14.8. The van der Waals surface area contributed by atoms with Crippen molar-refractivity contribution in [1.29, 1.82) is 0 Å². The third-order valence-corrected chi connectivity index (χ3v) is 4.92. The summed E-state index contributed by atoms with van der Waals surface area (Å²) >= 11 is 11.9. The normalized spacial score (nSPS) is 12.5. The van der Waals surface area contributed by atoms with Crippen LogP contribution in [0.1, 0.15) is 16.7 Å². The summed E-state index contributed by atoms with van der Waals surface area (Å²) in [6.07, 6.45) is -7.13. The fraction of sp³-hybridized carbons (Fsp3) is 0.100. The second kappa shape index (κ2) is 8.51. The molecule has 12 heteroatoms. The van der Waals surface area contributed by atoms with Crippen molar-refractivity contribution in [2.24, 2.45) is 0 Å². The highest BCUT2D eigenvalue weighted by molar-refractivity contribution is 6.42. The number of aromatic nitrogens is 2. The number of carboxylic acids is 1. The van der Waals surface area contributed by atoms with E-state index in [1.165, 1.54) is 18.2 Å². The molecule has 32 heavy (non-hydrogen) atoms. The number of benzene rings is 2. The van der Waals surface area contributed by atoms with Crippen molar-refractivity contribution in [2.75, 3.05) is 0 Å². The maximum atomic E-state index is 13.2. The van der Waals surface area contributed by atoms with Crippen molar-refractivity contribution in [1.82, 2.24) is 9.78 Å². The summed E-state index contributed by atoms with van der Waals surface area (Å²) in [4.78, 5) is 10.9. The van der Waals surface area contributed by atoms with Crippen LogP contribution in [-0.4, -0.2) is 20.9 Å². The maximum absolute atomic E-state index is 13.2. The summed E-state index contributed by atoms with van der Waals surface area (Å²) in [5, 5.41) is 13.3. The number of carbonyl (C=O) groups is 1. The van der Waals surface area contributed by atoms with Crippen LogP contribution < -0.4 is 0 Å². The van der Waals surface area contributed by atoms with Crippen LogP contribution >= 0.6 is 23.2 Å². The van der Waals surface area contributed by atoms with E-state index in [0.29, 0.717) is 17.7 Å². The topological polar surface area (TPSA) is 55.1 Å². The fourth-order valence-corrected chi connectivity index (χ4v) is 3.04. The molecule has 0 saturated carbocycles. The number of hydrogen-bond acceptors (Lipinski definition) is 2. The molecule has 0 atom stereocenters. The van der Waals surface area contributed by atoms with E-state index in [1.54, 1.807) is 0 Å². The van der Waals surface area contributed by atoms with Crippen molar-refractivity contribution in [2.45, 2.75) is 12.4 Å². The fourth-order valence-electron chi connectivity index (χ4n) is 2.74. The van der Waals surface area contributed by atoms with Crippen LogP contribution in [0.5, 0.6) is 0 Å². The molecule has 4 nitrogen and oxygen atoms in total. The Morgan fingerprint density at radius 1 is 0.938 bits per heavy atom. The molecule has 1 aromatic heterocycles. The van der Waals surface area contributed by atoms with E-state index in [9.17, 15) is 31.1 Å². The van der Waals surface area contributed by atoms with Crippen LogP contribution in [0.4, 0.5) is 26.3 Å². The van der Waals surface area contributed by atoms with Crippen LogP contribution in [0, 0.1) is 0 Å². The Kier molecular flexibility index (Phi) is 6.30. The number of carboxylic acid groups (broad SMARTS) is 1. The summed E-state index contributed by atoms with van der Waals surface area (Å²) < 4.78 is 80.0. The second-order valence-corrected chi connectivity index (χ2v) is 7.26. The molecule has 3 rings (SSSR count). The molecule has 1 heterocycles. The van der Waals surface area contributed by atoms with E-state index in [4.69, 9.17) is 28.3 Å². The lowest BCUT2D eigenvalue weighted by Gasteiger charge is -2.14. The van der Waals surface area contributed by atoms with Gasteiger partial charge in [-0.15, -0.1) is 0 Å². The summed E-state index contributed by atoms with van der Waals surface area (Å²) in [7, 11) is 0. The molecule has 0 bridgehead atoms. The van der Waals surface area contributed by atoms with Crippen LogP contribution in [-0.2, 0) is 17.1 Å². The molecule has 0 amide bonds. The molecule has 1 N–H and O–H groups in total. The zero-order chi connectivity index (χ0) is 23.8. The largest absolute Gasteiger partial charge is 0.478 e. The number of aliphatic carboxylic acids is 1. The molecule has 0 spiro atoms. The van der Waals surface area contributed by atoms with E-state index < -0.39 is 35.1 Å². The van der Waals surface area contributed by atoms with Gasteiger partial charge in [0.1, 0.15) is 5.69 Å². The Balaban J connectivity index is 2.24. The molecule has 0 aliphatic heterocycles. The van der Waals surface area contributed by atoms with E-state index >= 15 is 0 Å². The van der Waals surface area contributed by atoms with Gasteiger partial charge >= 0.3 is 18.3 Å². The first-order valence-electron chi connectivity index (χ1n) is 8.51. The van der Waals surface area contributed by atoms with Crippen molar-refractivity contribution in [3.63, 3.8) is 0 Å². The highest BCUT2D eigenvalue weighted by Gasteiger charge is 2.37. The minimum atomic E-state index is -5.04. The summed E-state index contributed by atoms with van der Waals surface area (Å²) in [6.45, 7) is 0. The lowest BCUT2D eigenvalue weighted by Crippen LogP contribution is -2.12. The molecule has 3 aromatic rings. The standard InChI is InChI=1S/C20H10Cl2F6N2O2/c21-15-3-1-10(5-16(15)22)18-11(2-4-17(31)32)9-30(29-18)14-7-12(19(23,24)25)6-13(8-14)20(26,27)28/h1-9H,(H,31,32). The molecular weight excluding hydrogens is 485 g/mol. The van der Waals surface area contributed by atoms with E-state index in [0.717, 1.165) is 23.0 Å². The minimum absolute atomic E-state index is 0.00186. The first-order valence-corrected chi connectivity index (χ1v) is 9.27. The average molecular weight is 495 g/mol. The maximum Gasteiger partial charge on any atom is 0.416 e. The van der Waals surface area contributed by atoms with Crippen LogP contribution in [0.3, 0.4) is 0 Å². The van der Waals surface area contributed by atoms with Crippen LogP contribution in [0.15, 0.2) is 48.7 Å². The van der Waals surface area contributed by atoms with Gasteiger partial charge in [0, 0.05) is 23.4 Å². The number of rotatable bonds is 4. The van der Waals surface area contributed by atoms with Gasteiger partial charge in [-0.3, -0.25) is 0 Å². The van der Waals surface area contributed by atoms with Gasteiger partial charge in [-0.05, 0) is 36.4 Å². The van der Waals surface area contributed by atoms with Crippen molar-refractivity contribution >= 4 is 35.2 Å². The molecular formula is C20H10Cl2F6N2O2. The Labute approximate surface area is 186 Å². The quantitative estimate of drug-likeness (QED) is 0.314. The van der Waals surface area contributed by atoms with Gasteiger partial charge in [0.05, 0.1) is 26.9 Å². The molecule has 0 saturated heterocycles. The Morgan fingerprint density at radius 2 is 1.53 bits per heavy atom. The summed E-state index contributed by atoms with van der Waals surface area (Å²) in [5.41, 5.74) is -3.08. The van der Waals surface area contributed by atoms with Crippen LogP contribution in [0.2, 0.25) is 10.0 Å². The van der Waals surface area contributed by atoms with Gasteiger partial charge in [0.15, 0.2) is 0 Å².